The van der Waals surface area contributed by atoms with Gasteiger partial charge in [0, 0.05) is 30.4 Å². The molecule has 0 saturated carbocycles. The number of aliphatic carboxylic acids is 7. The van der Waals surface area contributed by atoms with E-state index in [9.17, 15) is 69.0 Å². The van der Waals surface area contributed by atoms with Gasteiger partial charge in [-0.05, 0) is 30.9 Å². The van der Waals surface area contributed by atoms with Crippen LogP contribution in [0.5, 0.6) is 0 Å². The van der Waals surface area contributed by atoms with Crippen molar-refractivity contribution >= 4 is 53.6 Å². The standard InChI is InChI=1S/C12H22O12.C9H9NO3.C6H9N3O2.C6H13NO2.C5H9NO3.C2H3NO3.C2H4O3/c13-1-3(15)10(7(18)8(19)11(21)22)24-12-9(20)6(17)5(16)4(2-14)23-12;11-8(12)6-10-9(13)7-4-2-1-3-5-7;7-5(6(10)11)1-4-2-8-3-9-4;1-3-4(2)5(7)6(8)9;7-5(8)4-2-1-3-6(4)9;3-1(4)2(5)6;3-1-2(4)5/h3-10,12-20H,1-2H2,(H,21,22);1-5H,6H2,(H,10,13)(H,11,12);2-3,5H,1,7H2,(H,8,9)(H,10,11);4-5H,3,7H2,1-2H3,(H,8,9);4,9H,1-3H2,(H,7,8);(H2,3,4)(H,5,6);3H,1H2,(H,4,5)/t3-,4-,5+,6+,7-,8-,9-,10-,12+;;5-;4-,5-;;;/m1.00.../s1. The number of nitrogens with zero attached hydrogens (tertiary/aromatic N) is 2. The van der Waals surface area contributed by atoms with E-state index in [2.05, 4.69) is 21.0 Å². The maximum atomic E-state index is 11.2. The van der Waals surface area contributed by atoms with Gasteiger partial charge in [-0.15, -0.1) is 0 Å². The van der Waals surface area contributed by atoms with Crippen LogP contribution in [0.25, 0.3) is 0 Å². The minimum Gasteiger partial charge on any atom is -0.480 e. The summed E-state index contributed by atoms with van der Waals surface area (Å²) in [6.07, 6.45) is -11.5. The first-order chi connectivity index (χ1) is 35.8. The highest BCUT2D eigenvalue weighted by Gasteiger charge is 2.47. The number of imidazole rings is 1. The molecule has 2 aliphatic rings. The molecular weight excluding hydrogens is 1050 g/mol. The second-order valence-corrected chi connectivity index (χ2v) is 15.6. The quantitative estimate of drug-likeness (QED) is 0.0581. The highest BCUT2D eigenvalue weighted by atomic mass is 16.7. The van der Waals surface area contributed by atoms with Gasteiger partial charge in [0.2, 0.25) is 0 Å². The molecule has 0 spiro atoms. The molecule has 0 aliphatic carbocycles. The summed E-state index contributed by atoms with van der Waals surface area (Å²) < 4.78 is 9.98. The third-order valence-corrected chi connectivity index (χ3v) is 9.76. The van der Waals surface area contributed by atoms with Crippen molar-refractivity contribution in [2.45, 2.75) is 113 Å². The number of primary amides is 1. The summed E-state index contributed by atoms with van der Waals surface area (Å²) in [6.45, 7) is 1.35. The number of hydrogen-bond acceptors (Lipinski definition) is 25. The Hall–Kier alpha value is -6.94. The SMILES string of the molecule is CC[C@H](C)[C@H](N)C(=O)O.NC(=O)C(=O)O.N[C@@H](Cc1cnc[nH]1)C(=O)O.O=C(O)C1CCCN1O.O=C(O)CNC(=O)c1ccccc1.O=C(O)CO.O=C(O)[C@H](O)[C@@H](O)[C@H](O[C@@H]1O[C@H](CO)[C@H](O)[C@H](O)[C@H]1O)[C@H](O)CO. The summed E-state index contributed by atoms with van der Waals surface area (Å²) in [7, 11) is 0. The minimum atomic E-state index is -2.39. The van der Waals surface area contributed by atoms with E-state index in [0.717, 1.165) is 23.6 Å². The van der Waals surface area contributed by atoms with Crippen molar-refractivity contribution in [1.82, 2.24) is 20.3 Å². The fourth-order valence-corrected chi connectivity index (χ4v) is 5.23. The largest absolute Gasteiger partial charge is 0.480 e. The molecule has 25 N–H and O–H groups in total. The van der Waals surface area contributed by atoms with Crippen LogP contribution >= 0.6 is 0 Å². The lowest BCUT2D eigenvalue weighted by Gasteiger charge is -2.42. The molecule has 440 valence electrons. The fraction of sp³-hybridized carbons (Fsp3) is 0.571. The van der Waals surface area contributed by atoms with Gasteiger partial charge in [-0.2, -0.15) is 5.06 Å². The molecule has 1 aromatic carbocycles. The van der Waals surface area contributed by atoms with Crippen molar-refractivity contribution in [3.05, 3.63) is 54.1 Å². The first-order valence-corrected chi connectivity index (χ1v) is 22.1. The molecule has 4 rings (SSSR count). The number of carbonyl (C=O) groups is 9. The number of H-pyrrole nitrogens is 1. The van der Waals surface area contributed by atoms with Crippen LogP contribution in [0.4, 0.5) is 0 Å². The number of carboxylic acid groups (broad SMARTS) is 7. The Kier molecular flexibility index (Phi) is 38.9. The second-order valence-electron chi connectivity index (χ2n) is 15.6. The van der Waals surface area contributed by atoms with Gasteiger partial charge in [-0.25, -0.2) is 19.4 Å². The molecule has 1 unspecified atom stereocenters. The Bertz CT molecular complexity index is 2040. The number of nitrogens with one attached hydrogen (secondary N) is 2. The van der Waals surface area contributed by atoms with Crippen LogP contribution in [0.2, 0.25) is 0 Å². The average molecular weight is 1120 g/mol. The monoisotopic (exact) mass is 1120 g/mol. The van der Waals surface area contributed by atoms with Gasteiger partial charge in [-0.3, -0.25) is 28.8 Å². The molecule has 2 amide bonds. The van der Waals surface area contributed by atoms with Crippen LogP contribution < -0.4 is 22.5 Å². The van der Waals surface area contributed by atoms with Gasteiger partial charge in [0.05, 0.1) is 19.5 Å². The zero-order valence-electron chi connectivity index (χ0n) is 41.1. The van der Waals surface area contributed by atoms with Crippen molar-refractivity contribution in [3.8, 4) is 0 Å². The van der Waals surface area contributed by atoms with Crippen LogP contribution in [0, 0.1) is 5.92 Å². The molecule has 3 heterocycles. The Labute approximate surface area is 435 Å². The number of amides is 2. The fourth-order valence-electron chi connectivity index (χ4n) is 5.23. The van der Waals surface area contributed by atoms with Gasteiger partial charge in [0.1, 0.15) is 74.0 Å². The number of hydrogen-bond donors (Lipinski definition) is 22. The lowest BCUT2D eigenvalue weighted by molar-refractivity contribution is -0.326. The van der Waals surface area contributed by atoms with Gasteiger partial charge < -0.3 is 124 Å². The summed E-state index contributed by atoms with van der Waals surface area (Å²) in [4.78, 5) is 96.8. The molecule has 77 heavy (non-hydrogen) atoms. The zero-order valence-corrected chi connectivity index (χ0v) is 41.1. The van der Waals surface area contributed by atoms with E-state index in [1.54, 1.807) is 36.5 Å². The minimum absolute atomic E-state index is 0.0718. The summed E-state index contributed by atoms with van der Waals surface area (Å²) in [5, 5.41) is 152. The first-order valence-electron chi connectivity index (χ1n) is 22.1. The van der Waals surface area contributed by atoms with Crippen molar-refractivity contribution < 1.29 is 140 Å². The molecule has 13 atom stereocenters. The van der Waals surface area contributed by atoms with E-state index in [1.165, 1.54) is 6.33 Å². The third-order valence-electron chi connectivity index (χ3n) is 9.76. The number of aliphatic hydroxyl groups excluding tert-OH is 9. The topological polar surface area (TPSA) is 638 Å². The summed E-state index contributed by atoms with van der Waals surface area (Å²) in [5.74, 6) is -10.2. The molecule has 1 aromatic heterocycles. The molecule has 2 fully saturated rings. The zero-order chi connectivity index (χ0) is 60.3. The number of carbonyl (C=O) groups excluding carboxylic acids is 2. The molecule has 35 nitrogen and oxygen atoms in total. The number of ether oxygens (including phenoxy) is 2. The number of carboxylic acids is 7. The number of hydroxylamine groups is 2. The van der Waals surface area contributed by atoms with Crippen LogP contribution in [0.3, 0.4) is 0 Å². The Morgan fingerprint density at radius 3 is 1.73 bits per heavy atom. The number of nitrogens with two attached hydrogens (primary N) is 3. The summed E-state index contributed by atoms with van der Waals surface area (Å²) in [6, 6.07) is 6.25. The lowest BCUT2D eigenvalue weighted by atomic mass is 9.98. The maximum Gasteiger partial charge on any atom is 0.394 e. The third kappa shape index (κ3) is 31.6. The Morgan fingerprint density at radius 1 is 0.844 bits per heavy atom. The predicted octanol–water partition coefficient (Wildman–Crippen LogP) is -7.82. The average Bonchev–Trinajstić information content (AvgIpc) is 4.08. The molecule has 0 radical (unpaired) electrons. The predicted molar refractivity (Wildman–Crippen MR) is 251 cm³/mol. The van der Waals surface area contributed by atoms with Crippen LogP contribution in [0.1, 0.15) is 49.2 Å². The molecular formula is C42H69N7O28. The Balaban J connectivity index is -0.000000887. The van der Waals surface area contributed by atoms with Crippen molar-refractivity contribution in [1.29, 1.82) is 0 Å². The second kappa shape index (κ2) is 40.3. The van der Waals surface area contributed by atoms with E-state index >= 15 is 0 Å². The van der Waals surface area contributed by atoms with Crippen LogP contribution in [0.15, 0.2) is 42.9 Å². The van der Waals surface area contributed by atoms with Crippen LogP contribution in [-0.4, -0.2) is 262 Å². The summed E-state index contributed by atoms with van der Waals surface area (Å²) in [5.41, 5.74) is 15.9. The highest BCUT2D eigenvalue weighted by Crippen LogP contribution is 2.25. The number of rotatable bonds is 19. The molecule has 35 heteroatoms. The Morgan fingerprint density at radius 2 is 1.39 bits per heavy atom. The molecule has 2 aliphatic heterocycles. The maximum absolute atomic E-state index is 11.2. The van der Waals surface area contributed by atoms with Crippen molar-refractivity contribution in [2.75, 3.05) is 32.9 Å². The number of benzene rings is 1. The number of aromatic amines is 1. The smallest absolute Gasteiger partial charge is 0.394 e. The number of aromatic nitrogens is 2. The van der Waals surface area contributed by atoms with E-state index < -0.39 is 141 Å². The van der Waals surface area contributed by atoms with Crippen molar-refractivity contribution in [2.24, 2.45) is 23.1 Å². The lowest BCUT2D eigenvalue weighted by Crippen LogP contribution is -2.61. The van der Waals surface area contributed by atoms with Gasteiger partial charge >= 0.3 is 47.7 Å². The normalized spacial score (nSPS) is 21.0. The van der Waals surface area contributed by atoms with E-state index in [-0.39, 0.29) is 24.8 Å². The van der Waals surface area contributed by atoms with Crippen LogP contribution in [-0.2, 0) is 54.3 Å². The van der Waals surface area contributed by atoms with E-state index in [4.69, 9.17) is 82.0 Å². The summed E-state index contributed by atoms with van der Waals surface area (Å²) >= 11 is 0. The highest BCUT2D eigenvalue weighted by molar-refractivity contribution is 6.30. The van der Waals surface area contributed by atoms with E-state index in [1.807, 2.05) is 13.8 Å². The molecule has 2 aromatic rings. The number of aliphatic hydroxyl groups is 9. The molecule has 2 saturated heterocycles. The van der Waals surface area contributed by atoms with Gasteiger partial charge in [0.15, 0.2) is 12.4 Å². The van der Waals surface area contributed by atoms with Crippen molar-refractivity contribution in [3.63, 3.8) is 0 Å². The first kappa shape index (κ1) is 74.3. The van der Waals surface area contributed by atoms with Gasteiger partial charge in [-0.1, -0.05) is 38.5 Å². The van der Waals surface area contributed by atoms with Gasteiger partial charge in [0.25, 0.3) is 5.91 Å². The van der Waals surface area contributed by atoms with E-state index in [0.29, 0.717) is 18.5 Å². The molecule has 0 bridgehead atoms.